The summed E-state index contributed by atoms with van der Waals surface area (Å²) in [6.45, 7) is 8.93. The summed E-state index contributed by atoms with van der Waals surface area (Å²) >= 11 is 1.64. The summed E-state index contributed by atoms with van der Waals surface area (Å²) in [7, 11) is 0. The summed E-state index contributed by atoms with van der Waals surface area (Å²) in [6, 6.07) is 0.291. The summed E-state index contributed by atoms with van der Waals surface area (Å²) in [6.07, 6.45) is -0.0320. The Morgan fingerprint density at radius 3 is 2.84 bits per heavy atom. The molecule has 2 unspecified atom stereocenters. The molecule has 0 spiro atoms. The van der Waals surface area contributed by atoms with Gasteiger partial charge in [0.1, 0.15) is 12.0 Å². The van der Waals surface area contributed by atoms with Crippen molar-refractivity contribution in [2.75, 3.05) is 13.2 Å². The summed E-state index contributed by atoms with van der Waals surface area (Å²) in [4.78, 5) is 15.3. The van der Waals surface area contributed by atoms with E-state index in [0.717, 1.165) is 11.7 Å². The van der Waals surface area contributed by atoms with Gasteiger partial charge in [-0.15, -0.1) is 0 Å². The van der Waals surface area contributed by atoms with Crippen LogP contribution in [0.1, 0.15) is 27.7 Å². The zero-order chi connectivity index (χ0) is 14.0. The Bertz CT molecular complexity index is 375. The number of fused-ring (bicyclic) bond motifs is 1. The molecule has 19 heavy (non-hydrogen) atoms. The molecule has 0 amide bonds. The first-order valence-corrected chi connectivity index (χ1v) is 7.67. The van der Waals surface area contributed by atoms with Crippen molar-refractivity contribution in [1.82, 2.24) is 5.32 Å². The second kappa shape index (κ2) is 6.13. The number of aliphatic imine (C=N–C) groups is 1. The molecule has 0 saturated carbocycles. The predicted octanol–water partition coefficient (Wildman–Crippen LogP) is 1.63. The van der Waals surface area contributed by atoms with E-state index in [1.807, 2.05) is 6.92 Å². The molecule has 0 bridgehead atoms. The van der Waals surface area contributed by atoms with Crippen molar-refractivity contribution in [2.45, 2.75) is 45.3 Å². The average molecular weight is 286 g/mol. The first kappa shape index (κ1) is 14.7. The van der Waals surface area contributed by atoms with Gasteiger partial charge in [0.05, 0.1) is 12.1 Å². The first-order chi connectivity index (χ1) is 9.02. The third kappa shape index (κ3) is 3.23. The molecule has 0 aromatic heterocycles. The van der Waals surface area contributed by atoms with Crippen LogP contribution in [0.3, 0.4) is 0 Å². The van der Waals surface area contributed by atoms with Crippen molar-refractivity contribution in [3.8, 4) is 0 Å². The summed E-state index contributed by atoms with van der Waals surface area (Å²) in [5.41, 5.74) is 0.0667. The SMILES string of the molecule is CCN=C1NC2C(O[C@H](COC(C)=O)[C@@H](C)[C@@H]2C)S1. The highest BCUT2D eigenvalue weighted by molar-refractivity contribution is 8.14. The molecule has 2 rings (SSSR count). The van der Waals surface area contributed by atoms with Crippen molar-refractivity contribution in [2.24, 2.45) is 16.8 Å². The molecule has 5 atom stereocenters. The lowest BCUT2D eigenvalue weighted by molar-refractivity contribution is -0.153. The standard InChI is InChI=1S/C13H22N2O3S/c1-5-14-13-15-11-8(3)7(2)10(6-17-9(4)16)18-12(11)19-13/h7-8,10-12H,5-6H2,1-4H3,(H,14,15)/t7-,8-,10+,11?,12?/m0/s1. The lowest BCUT2D eigenvalue weighted by Crippen LogP contribution is -2.52. The van der Waals surface area contributed by atoms with E-state index in [1.165, 1.54) is 6.92 Å². The highest BCUT2D eigenvalue weighted by Crippen LogP contribution is 2.39. The Morgan fingerprint density at radius 1 is 1.47 bits per heavy atom. The van der Waals surface area contributed by atoms with E-state index in [0.29, 0.717) is 24.5 Å². The van der Waals surface area contributed by atoms with Crippen LogP contribution in [0.2, 0.25) is 0 Å². The molecule has 0 radical (unpaired) electrons. The number of nitrogens with one attached hydrogen (secondary N) is 1. The van der Waals surface area contributed by atoms with Gasteiger partial charge in [0.2, 0.25) is 0 Å². The van der Waals surface area contributed by atoms with Crippen molar-refractivity contribution >= 4 is 22.9 Å². The quantitative estimate of drug-likeness (QED) is 0.799. The second-order valence-corrected chi connectivity index (χ2v) is 6.22. The van der Waals surface area contributed by atoms with E-state index >= 15 is 0 Å². The molecule has 2 fully saturated rings. The average Bonchev–Trinajstić information content (AvgIpc) is 2.75. The van der Waals surface area contributed by atoms with Gasteiger partial charge in [0, 0.05) is 13.5 Å². The number of hydrogen-bond donors (Lipinski definition) is 1. The van der Waals surface area contributed by atoms with E-state index in [-0.39, 0.29) is 17.5 Å². The first-order valence-electron chi connectivity index (χ1n) is 6.79. The zero-order valence-electron chi connectivity index (χ0n) is 11.9. The monoisotopic (exact) mass is 286 g/mol. The Labute approximate surface area is 118 Å². The van der Waals surface area contributed by atoms with E-state index in [2.05, 4.69) is 24.2 Å². The fraction of sp³-hybridized carbons (Fsp3) is 0.846. The maximum atomic E-state index is 10.9. The van der Waals surface area contributed by atoms with Crippen LogP contribution >= 0.6 is 11.8 Å². The number of rotatable bonds is 3. The Balaban J connectivity index is 2.01. The summed E-state index contributed by atoms with van der Waals surface area (Å²) in [5.74, 6) is 0.544. The van der Waals surface area contributed by atoms with Crippen molar-refractivity contribution < 1.29 is 14.3 Å². The van der Waals surface area contributed by atoms with Gasteiger partial charge in [-0.2, -0.15) is 0 Å². The molecule has 2 saturated heterocycles. The number of nitrogens with zero attached hydrogens (tertiary/aromatic N) is 1. The zero-order valence-corrected chi connectivity index (χ0v) is 12.7. The number of hydrogen-bond acceptors (Lipinski definition) is 5. The fourth-order valence-corrected chi connectivity index (χ4v) is 3.79. The molecule has 2 aliphatic rings. The maximum Gasteiger partial charge on any atom is 0.302 e. The normalized spacial score (nSPS) is 39.8. The van der Waals surface area contributed by atoms with Gasteiger partial charge in [0.25, 0.3) is 0 Å². The van der Waals surface area contributed by atoms with Crippen LogP contribution in [0, 0.1) is 11.8 Å². The van der Waals surface area contributed by atoms with Crippen LogP contribution in [-0.2, 0) is 14.3 Å². The van der Waals surface area contributed by atoms with Gasteiger partial charge in [-0.3, -0.25) is 9.79 Å². The van der Waals surface area contributed by atoms with Gasteiger partial charge in [-0.25, -0.2) is 0 Å². The molecular formula is C13H22N2O3S. The molecular weight excluding hydrogens is 264 g/mol. The minimum Gasteiger partial charge on any atom is -0.463 e. The molecule has 1 N–H and O–H groups in total. The smallest absolute Gasteiger partial charge is 0.302 e. The van der Waals surface area contributed by atoms with Crippen LogP contribution < -0.4 is 5.32 Å². The van der Waals surface area contributed by atoms with E-state index in [9.17, 15) is 4.79 Å². The van der Waals surface area contributed by atoms with Gasteiger partial charge >= 0.3 is 5.97 Å². The predicted molar refractivity (Wildman–Crippen MR) is 76.1 cm³/mol. The molecule has 6 heteroatoms. The van der Waals surface area contributed by atoms with Crippen molar-refractivity contribution in [1.29, 1.82) is 0 Å². The van der Waals surface area contributed by atoms with Crippen LogP contribution in [0.4, 0.5) is 0 Å². The number of thioether (sulfide) groups is 1. The molecule has 0 aliphatic carbocycles. The number of ether oxygens (including phenoxy) is 2. The Morgan fingerprint density at radius 2 is 2.21 bits per heavy atom. The van der Waals surface area contributed by atoms with Gasteiger partial charge < -0.3 is 14.8 Å². The topological polar surface area (TPSA) is 59.9 Å². The summed E-state index contributed by atoms with van der Waals surface area (Å²) in [5, 5.41) is 4.40. The summed E-state index contributed by atoms with van der Waals surface area (Å²) < 4.78 is 11.2. The van der Waals surface area contributed by atoms with E-state index in [1.54, 1.807) is 11.8 Å². The van der Waals surface area contributed by atoms with Gasteiger partial charge in [-0.05, 0) is 18.8 Å². The molecule has 0 aromatic carbocycles. The molecule has 108 valence electrons. The lowest BCUT2D eigenvalue weighted by Gasteiger charge is -2.40. The third-order valence-corrected chi connectivity index (χ3v) is 4.96. The van der Waals surface area contributed by atoms with Crippen LogP contribution in [0.5, 0.6) is 0 Å². The fourth-order valence-electron chi connectivity index (χ4n) is 2.50. The molecule has 2 aliphatic heterocycles. The number of carbonyl (C=O) groups is 1. The van der Waals surface area contributed by atoms with Crippen molar-refractivity contribution in [3.63, 3.8) is 0 Å². The second-order valence-electron chi connectivity index (χ2n) is 5.13. The Hall–Kier alpha value is -0.750. The lowest BCUT2D eigenvalue weighted by atomic mass is 9.83. The minimum absolute atomic E-state index is 0.0320. The number of amidine groups is 1. The third-order valence-electron chi connectivity index (χ3n) is 3.85. The number of carbonyl (C=O) groups excluding carboxylic acids is 1. The molecule has 0 aromatic rings. The minimum atomic E-state index is -0.254. The number of esters is 1. The van der Waals surface area contributed by atoms with Crippen LogP contribution in [-0.4, -0.2) is 41.9 Å². The maximum absolute atomic E-state index is 10.9. The van der Waals surface area contributed by atoms with E-state index in [4.69, 9.17) is 9.47 Å². The van der Waals surface area contributed by atoms with Crippen molar-refractivity contribution in [3.05, 3.63) is 0 Å². The highest BCUT2D eigenvalue weighted by Gasteiger charge is 2.46. The molecule has 2 heterocycles. The van der Waals surface area contributed by atoms with Gasteiger partial charge in [-0.1, -0.05) is 25.6 Å². The highest BCUT2D eigenvalue weighted by atomic mass is 32.2. The van der Waals surface area contributed by atoms with Crippen LogP contribution in [0.15, 0.2) is 4.99 Å². The molecule has 5 nitrogen and oxygen atoms in total. The van der Waals surface area contributed by atoms with E-state index < -0.39 is 0 Å². The van der Waals surface area contributed by atoms with Gasteiger partial charge in [0.15, 0.2) is 5.17 Å². The Kier molecular flexibility index (Phi) is 4.73. The van der Waals surface area contributed by atoms with Crippen LogP contribution in [0.25, 0.3) is 0 Å². The largest absolute Gasteiger partial charge is 0.463 e.